The lowest BCUT2D eigenvalue weighted by atomic mass is 10.0. The van der Waals surface area contributed by atoms with Crippen molar-refractivity contribution >= 4 is 11.8 Å². The van der Waals surface area contributed by atoms with E-state index in [1.54, 1.807) is 42.5 Å². The molecule has 2 N–H and O–H groups in total. The van der Waals surface area contributed by atoms with Gasteiger partial charge in [-0.05, 0) is 37.3 Å². The summed E-state index contributed by atoms with van der Waals surface area (Å²) in [5, 5.41) is 2.84. The van der Waals surface area contributed by atoms with Gasteiger partial charge in [0, 0.05) is 23.7 Å². The van der Waals surface area contributed by atoms with Crippen LogP contribution in [0.5, 0.6) is 0 Å². The highest BCUT2D eigenvalue weighted by Crippen LogP contribution is 2.41. The van der Waals surface area contributed by atoms with E-state index >= 15 is 0 Å². The molecule has 3 aromatic rings. The Kier molecular flexibility index (Phi) is 6.92. The molecule has 2 amide bonds. The number of alkyl halides is 1. The molecule has 2 aromatic heterocycles. The molecular weight excluding hydrogens is 496 g/mol. The first-order chi connectivity index (χ1) is 18.2. The number of hydrogen-bond acceptors (Lipinski definition) is 5. The van der Waals surface area contributed by atoms with Crippen LogP contribution >= 0.6 is 0 Å². The molecule has 5 rings (SSSR count). The number of H-pyrrole nitrogens is 1. The average Bonchev–Trinajstić information content (AvgIpc) is 3.66. The van der Waals surface area contributed by atoms with Gasteiger partial charge in [-0.15, -0.1) is 0 Å². The summed E-state index contributed by atoms with van der Waals surface area (Å²) in [6.07, 6.45) is 1.41. The molecule has 0 bridgehead atoms. The van der Waals surface area contributed by atoms with E-state index in [-0.39, 0.29) is 30.1 Å². The van der Waals surface area contributed by atoms with E-state index in [0.717, 1.165) is 22.3 Å². The molecule has 1 aliphatic heterocycles. The van der Waals surface area contributed by atoms with Crippen molar-refractivity contribution in [2.45, 2.75) is 56.9 Å². The van der Waals surface area contributed by atoms with Crippen LogP contribution in [0.25, 0.3) is 0 Å². The SMILES string of the molecule is Cc1cn(CC(=O)N2C[C@H](F)C[C@H]2C(=O)N[C@@H](c2ccccc2)c2ccc(C3CC3)c(F)n2)c(=O)[nH]c1=O. The van der Waals surface area contributed by atoms with Gasteiger partial charge in [-0.2, -0.15) is 4.39 Å². The molecule has 9 nitrogen and oxygen atoms in total. The number of halogens is 2. The molecule has 1 saturated heterocycles. The molecule has 1 aliphatic carbocycles. The van der Waals surface area contributed by atoms with Crippen molar-refractivity contribution in [3.8, 4) is 0 Å². The molecular formula is C27H27F2N5O4. The Morgan fingerprint density at radius 2 is 1.89 bits per heavy atom. The second-order valence-electron chi connectivity index (χ2n) is 9.84. The molecule has 1 saturated carbocycles. The number of carbonyl (C=O) groups is 2. The fourth-order valence-corrected chi connectivity index (χ4v) is 4.81. The van der Waals surface area contributed by atoms with Gasteiger partial charge in [0.25, 0.3) is 5.56 Å². The van der Waals surface area contributed by atoms with E-state index < -0.39 is 53.8 Å². The van der Waals surface area contributed by atoms with Crippen LogP contribution in [-0.2, 0) is 16.1 Å². The summed E-state index contributed by atoms with van der Waals surface area (Å²) in [5.41, 5.74) is 0.368. The molecule has 3 heterocycles. The van der Waals surface area contributed by atoms with Gasteiger partial charge >= 0.3 is 5.69 Å². The van der Waals surface area contributed by atoms with Crippen LogP contribution in [0.3, 0.4) is 0 Å². The molecule has 0 spiro atoms. The van der Waals surface area contributed by atoms with E-state index in [0.29, 0.717) is 11.1 Å². The predicted octanol–water partition coefficient (Wildman–Crippen LogP) is 2.10. The topological polar surface area (TPSA) is 117 Å². The van der Waals surface area contributed by atoms with Crippen molar-refractivity contribution in [2.75, 3.05) is 6.54 Å². The Balaban J connectivity index is 1.39. The number of carbonyl (C=O) groups excluding carboxylic acids is 2. The zero-order chi connectivity index (χ0) is 27.0. The number of rotatable bonds is 7. The zero-order valence-corrected chi connectivity index (χ0v) is 20.7. The van der Waals surface area contributed by atoms with Crippen LogP contribution in [-0.4, -0.2) is 50.0 Å². The third kappa shape index (κ3) is 5.27. The van der Waals surface area contributed by atoms with Gasteiger partial charge in [-0.25, -0.2) is 14.2 Å². The molecule has 2 aliphatic rings. The Morgan fingerprint density at radius 1 is 1.16 bits per heavy atom. The van der Waals surface area contributed by atoms with Crippen molar-refractivity contribution in [3.63, 3.8) is 0 Å². The first-order valence-electron chi connectivity index (χ1n) is 12.5. The summed E-state index contributed by atoms with van der Waals surface area (Å²) in [6.45, 7) is 0.707. The maximum atomic E-state index is 14.8. The van der Waals surface area contributed by atoms with Crippen LogP contribution in [0.2, 0.25) is 0 Å². The number of amides is 2. The van der Waals surface area contributed by atoms with Crippen molar-refractivity contribution in [3.05, 3.63) is 97.8 Å². The fourth-order valence-electron chi connectivity index (χ4n) is 4.81. The largest absolute Gasteiger partial charge is 0.342 e. The Bertz CT molecular complexity index is 1480. The molecule has 198 valence electrons. The highest BCUT2D eigenvalue weighted by Gasteiger charge is 2.41. The Labute approximate surface area is 216 Å². The minimum Gasteiger partial charge on any atom is -0.342 e. The van der Waals surface area contributed by atoms with Crippen LogP contribution in [0.15, 0.2) is 58.3 Å². The van der Waals surface area contributed by atoms with Gasteiger partial charge in [0.2, 0.25) is 17.8 Å². The number of aromatic nitrogens is 3. The van der Waals surface area contributed by atoms with E-state index in [1.807, 2.05) is 0 Å². The highest BCUT2D eigenvalue weighted by molar-refractivity contribution is 5.88. The van der Waals surface area contributed by atoms with Gasteiger partial charge in [-0.1, -0.05) is 36.4 Å². The van der Waals surface area contributed by atoms with Gasteiger partial charge in [0.15, 0.2) is 0 Å². The predicted molar refractivity (Wildman–Crippen MR) is 134 cm³/mol. The van der Waals surface area contributed by atoms with E-state index in [4.69, 9.17) is 0 Å². The molecule has 1 aromatic carbocycles. The van der Waals surface area contributed by atoms with Gasteiger partial charge < -0.3 is 10.2 Å². The molecule has 11 heteroatoms. The van der Waals surface area contributed by atoms with Gasteiger partial charge in [0.1, 0.15) is 18.8 Å². The Hall–Kier alpha value is -4.15. The number of nitrogens with zero attached hydrogens (tertiary/aromatic N) is 3. The highest BCUT2D eigenvalue weighted by atomic mass is 19.1. The second kappa shape index (κ2) is 10.3. The van der Waals surface area contributed by atoms with Crippen LogP contribution in [0.4, 0.5) is 8.78 Å². The molecule has 2 fully saturated rings. The fraction of sp³-hybridized carbons (Fsp3) is 0.370. The summed E-state index contributed by atoms with van der Waals surface area (Å²) in [6, 6.07) is 10.3. The first-order valence-corrected chi connectivity index (χ1v) is 12.5. The minimum absolute atomic E-state index is 0.166. The number of aromatic amines is 1. The van der Waals surface area contributed by atoms with Gasteiger partial charge in [-0.3, -0.25) is 23.9 Å². The molecule has 0 radical (unpaired) electrons. The summed E-state index contributed by atoms with van der Waals surface area (Å²) in [5.74, 6) is -1.68. The van der Waals surface area contributed by atoms with E-state index in [9.17, 15) is 28.0 Å². The lowest BCUT2D eigenvalue weighted by Crippen LogP contribution is -2.48. The van der Waals surface area contributed by atoms with Gasteiger partial charge in [0.05, 0.1) is 18.3 Å². The average molecular weight is 524 g/mol. The maximum absolute atomic E-state index is 14.8. The van der Waals surface area contributed by atoms with Crippen LogP contribution < -0.4 is 16.6 Å². The lowest BCUT2D eigenvalue weighted by molar-refractivity contribution is -0.139. The third-order valence-corrected chi connectivity index (χ3v) is 7.00. The monoisotopic (exact) mass is 523 g/mol. The van der Waals surface area contributed by atoms with Crippen LogP contribution in [0.1, 0.15) is 53.6 Å². The lowest BCUT2D eigenvalue weighted by Gasteiger charge is -2.27. The zero-order valence-electron chi connectivity index (χ0n) is 20.7. The summed E-state index contributed by atoms with van der Waals surface area (Å²) in [4.78, 5) is 57.6. The number of benzene rings is 1. The second-order valence-corrected chi connectivity index (χ2v) is 9.84. The van der Waals surface area contributed by atoms with E-state index in [2.05, 4.69) is 15.3 Å². The third-order valence-electron chi connectivity index (χ3n) is 7.00. The minimum atomic E-state index is -1.44. The number of pyridine rings is 1. The quantitative estimate of drug-likeness (QED) is 0.460. The smallest absolute Gasteiger partial charge is 0.328 e. The molecule has 3 atom stereocenters. The van der Waals surface area contributed by atoms with Crippen molar-refractivity contribution < 1.29 is 18.4 Å². The Morgan fingerprint density at radius 3 is 2.58 bits per heavy atom. The number of nitrogens with one attached hydrogen (secondary N) is 2. The normalized spacial score (nSPS) is 19.8. The van der Waals surface area contributed by atoms with E-state index in [1.165, 1.54) is 13.1 Å². The summed E-state index contributed by atoms with van der Waals surface area (Å²) < 4.78 is 30.3. The van der Waals surface area contributed by atoms with Crippen molar-refractivity contribution in [2.24, 2.45) is 0 Å². The summed E-state index contributed by atoms with van der Waals surface area (Å²) in [7, 11) is 0. The molecule has 38 heavy (non-hydrogen) atoms. The van der Waals surface area contributed by atoms with Crippen molar-refractivity contribution in [1.29, 1.82) is 0 Å². The number of likely N-dealkylation sites (tertiary alicyclic amines) is 1. The maximum Gasteiger partial charge on any atom is 0.328 e. The first kappa shape index (κ1) is 25.5. The molecule has 0 unspecified atom stereocenters. The summed E-state index contributed by atoms with van der Waals surface area (Å²) >= 11 is 0. The number of aryl methyl sites for hydroxylation is 1. The number of hydrogen-bond donors (Lipinski definition) is 2. The van der Waals surface area contributed by atoms with Crippen molar-refractivity contribution in [1.82, 2.24) is 24.8 Å². The standard InChI is InChI=1S/C27H27F2N5O4/c1-15-12-33(27(38)32-25(15)36)14-22(35)34-13-18(28)11-21(34)26(37)31-23(17-5-3-2-4-6-17)20-10-9-19(16-7-8-16)24(29)30-20/h2-6,9-10,12,16,18,21,23H,7-8,11,13-14H2,1H3,(H,31,37)(H,32,36,38)/t18-,21+,23+/m1/s1. The van der Waals surface area contributed by atoms with Crippen LogP contribution in [0, 0.1) is 12.9 Å².